The molecule has 0 bridgehead atoms. The van der Waals surface area contributed by atoms with E-state index in [9.17, 15) is 4.79 Å². The van der Waals surface area contributed by atoms with Crippen molar-refractivity contribution in [3.8, 4) is 0 Å². The van der Waals surface area contributed by atoms with Crippen LogP contribution in [-0.4, -0.2) is 42.5 Å². The van der Waals surface area contributed by atoms with Gasteiger partial charge in [-0.3, -0.25) is 9.69 Å². The van der Waals surface area contributed by atoms with Crippen molar-refractivity contribution in [2.24, 2.45) is 5.92 Å². The molecule has 1 aromatic heterocycles. The number of nitrogens with one attached hydrogen (secondary N) is 2. The van der Waals surface area contributed by atoms with Gasteiger partial charge in [-0.1, -0.05) is 19.9 Å². The first-order valence-electron chi connectivity index (χ1n) is 7.77. The van der Waals surface area contributed by atoms with Crippen molar-refractivity contribution in [2.45, 2.75) is 45.8 Å². The number of thiophene rings is 1. The van der Waals surface area contributed by atoms with Crippen LogP contribution in [0.2, 0.25) is 0 Å². The highest BCUT2D eigenvalue weighted by Crippen LogP contribution is 2.25. The molecule has 21 heavy (non-hydrogen) atoms. The lowest BCUT2D eigenvalue weighted by Crippen LogP contribution is -2.56. The SMILES string of the molecule is CC1CN(CC(=O)NC(c2cccs2)C(C)C)CC(C)N1. The number of hydrogen-bond donors (Lipinski definition) is 2. The molecule has 3 unspecified atom stereocenters. The third-order valence-corrected chi connectivity index (χ3v) is 4.79. The molecule has 2 N–H and O–H groups in total. The van der Waals surface area contributed by atoms with Crippen LogP contribution in [0.1, 0.15) is 38.6 Å². The Morgan fingerprint density at radius 3 is 2.62 bits per heavy atom. The van der Waals surface area contributed by atoms with E-state index in [0.717, 1.165) is 13.1 Å². The molecule has 1 amide bonds. The number of hydrogen-bond acceptors (Lipinski definition) is 4. The van der Waals surface area contributed by atoms with Gasteiger partial charge in [0.05, 0.1) is 12.6 Å². The number of nitrogens with zero attached hydrogens (tertiary/aromatic N) is 1. The number of rotatable bonds is 5. The van der Waals surface area contributed by atoms with Gasteiger partial charge < -0.3 is 10.6 Å². The molecule has 4 nitrogen and oxygen atoms in total. The van der Waals surface area contributed by atoms with E-state index in [1.54, 1.807) is 11.3 Å². The number of amides is 1. The van der Waals surface area contributed by atoms with Crippen LogP contribution in [0.5, 0.6) is 0 Å². The zero-order valence-electron chi connectivity index (χ0n) is 13.4. The Morgan fingerprint density at radius 1 is 1.43 bits per heavy atom. The normalized spacial score (nSPS) is 25.0. The maximum atomic E-state index is 12.4. The predicted molar refractivity (Wildman–Crippen MR) is 88.5 cm³/mol. The average Bonchev–Trinajstić information content (AvgIpc) is 2.87. The summed E-state index contributed by atoms with van der Waals surface area (Å²) in [6.07, 6.45) is 0. The van der Waals surface area contributed by atoms with Crippen LogP contribution in [0.25, 0.3) is 0 Å². The number of carbonyl (C=O) groups is 1. The van der Waals surface area contributed by atoms with E-state index >= 15 is 0 Å². The molecule has 0 spiro atoms. The molecule has 1 fully saturated rings. The van der Waals surface area contributed by atoms with Crippen molar-refractivity contribution >= 4 is 17.2 Å². The minimum absolute atomic E-state index is 0.121. The van der Waals surface area contributed by atoms with Gasteiger partial charge in [0.15, 0.2) is 0 Å². The fraction of sp³-hybridized carbons (Fsp3) is 0.688. The second-order valence-electron chi connectivity index (χ2n) is 6.47. The van der Waals surface area contributed by atoms with Gasteiger partial charge in [0, 0.05) is 30.1 Å². The maximum absolute atomic E-state index is 12.4. The molecule has 1 aliphatic heterocycles. The van der Waals surface area contributed by atoms with Gasteiger partial charge in [-0.25, -0.2) is 0 Å². The van der Waals surface area contributed by atoms with Gasteiger partial charge in [-0.2, -0.15) is 0 Å². The van der Waals surface area contributed by atoms with Crippen LogP contribution >= 0.6 is 11.3 Å². The molecule has 0 radical (unpaired) electrons. The molecular weight excluding hydrogens is 282 g/mol. The molecular formula is C16H27N3OS. The van der Waals surface area contributed by atoms with Gasteiger partial charge in [0.25, 0.3) is 0 Å². The van der Waals surface area contributed by atoms with Crippen molar-refractivity contribution in [3.63, 3.8) is 0 Å². The lowest BCUT2D eigenvalue weighted by atomic mass is 10.0. The average molecular weight is 309 g/mol. The summed E-state index contributed by atoms with van der Waals surface area (Å²) in [7, 11) is 0. The molecule has 1 aliphatic rings. The molecule has 5 heteroatoms. The van der Waals surface area contributed by atoms with E-state index in [0.29, 0.717) is 24.5 Å². The third kappa shape index (κ3) is 4.80. The summed E-state index contributed by atoms with van der Waals surface area (Å²) in [6.45, 7) is 11.0. The summed E-state index contributed by atoms with van der Waals surface area (Å²) < 4.78 is 0. The highest BCUT2D eigenvalue weighted by atomic mass is 32.1. The van der Waals surface area contributed by atoms with Crippen molar-refractivity contribution < 1.29 is 4.79 Å². The molecule has 2 heterocycles. The van der Waals surface area contributed by atoms with Crippen LogP contribution in [0.15, 0.2) is 17.5 Å². The Bertz CT molecular complexity index is 436. The quantitative estimate of drug-likeness (QED) is 0.877. The van der Waals surface area contributed by atoms with E-state index in [-0.39, 0.29) is 11.9 Å². The predicted octanol–water partition coefficient (Wildman–Crippen LogP) is 2.24. The topological polar surface area (TPSA) is 44.4 Å². The molecule has 2 rings (SSSR count). The van der Waals surface area contributed by atoms with Crippen molar-refractivity contribution in [1.29, 1.82) is 0 Å². The van der Waals surface area contributed by atoms with Gasteiger partial charge in [-0.05, 0) is 31.2 Å². The zero-order valence-corrected chi connectivity index (χ0v) is 14.2. The Kier molecular flexibility index (Phi) is 5.79. The second-order valence-corrected chi connectivity index (χ2v) is 7.45. The Hall–Kier alpha value is -0.910. The Morgan fingerprint density at radius 2 is 2.10 bits per heavy atom. The highest BCUT2D eigenvalue weighted by molar-refractivity contribution is 7.10. The summed E-state index contributed by atoms with van der Waals surface area (Å²) in [5.41, 5.74) is 0. The molecule has 0 aliphatic carbocycles. The summed E-state index contributed by atoms with van der Waals surface area (Å²) >= 11 is 1.71. The van der Waals surface area contributed by atoms with Crippen molar-refractivity contribution in [3.05, 3.63) is 22.4 Å². The molecule has 1 aromatic rings. The smallest absolute Gasteiger partial charge is 0.234 e. The standard InChI is InChI=1S/C16H27N3OS/c1-11(2)16(14-6-5-7-21-14)18-15(20)10-19-8-12(3)17-13(4)9-19/h5-7,11-13,16-17H,8-10H2,1-4H3,(H,18,20). The monoisotopic (exact) mass is 309 g/mol. The lowest BCUT2D eigenvalue weighted by molar-refractivity contribution is -0.123. The van der Waals surface area contributed by atoms with E-state index in [2.05, 4.69) is 54.7 Å². The maximum Gasteiger partial charge on any atom is 0.234 e. The summed E-state index contributed by atoms with van der Waals surface area (Å²) in [4.78, 5) is 15.8. The van der Waals surface area contributed by atoms with Gasteiger partial charge in [-0.15, -0.1) is 11.3 Å². The molecule has 118 valence electrons. The van der Waals surface area contributed by atoms with Gasteiger partial charge in [0.2, 0.25) is 5.91 Å². The molecule has 0 aromatic carbocycles. The molecule has 0 saturated carbocycles. The van der Waals surface area contributed by atoms with Crippen LogP contribution in [0.4, 0.5) is 0 Å². The minimum Gasteiger partial charge on any atom is -0.347 e. The number of piperazine rings is 1. The zero-order chi connectivity index (χ0) is 15.4. The van der Waals surface area contributed by atoms with E-state index in [1.807, 2.05) is 6.07 Å². The summed E-state index contributed by atoms with van der Waals surface area (Å²) in [6, 6.07) is 5.15. The van der Waals surface area contributed by atoms with Crippen LogP contribution in [0.3, 0.4) is 0 Å². The van der Waals surface area contributed by atoms with Crippen LogP contribution in [-0.2, 0) is 4.79 Å². The van der Waals surface area contributed by atoms with Gasteiger partial charge in [0.1, 0.15) is 0 Å². The van der Waals surface area contributed by atoms with E-state index in [4.69, 9.17) is 0 Å². The molecule has 1 saturated heterocycles. The minimum atomic E-state index is 0.121. The highest BCUT2D eigenvalue weighted by Gasteiger charge is 2.24. The van der Waals surface area contributed by atoms with Crippen LogP contribution in [0, 0.1) is 5.92 Å². The van der Waals surface area contributed by atoms with Crippen molar-refractivity contribution in [2.75, 3.05) is 19.6 Å². The van der Waals surface area contributed by atoms with Gasteiger partial charge >= 0.3 is 0 Å². The Balaban J connectivity index is 1.91. The van der Waals surface area contributed by atoms with E-state index in [1.165, 1.54) is 4.88 Å². The summed E-state index contributed by atoms with van der Waals surface area (Å²) in [5, 5.41) is 8.76. The lowest BCUT2D eigenvalue weighted by Gasteiger charge is -2.36. The second kappa shape index (κ2) is 7.38. The van der Waals surface area contributed by atoms with Crippen LogP contribution < -0.4 is 10.6 Å². The molecule has 3 atom stereocenters. The fourth-order valence-electron chi connectivity index (χ4n) is 3.03. The first kappa shape index (κ1) is 16.5. The van der Waals surface area contributed by atoms with Crippen molar-refractivity contribution in [1.82, 2.24) is 15.5 Å². The Labute approximate surface area is 131 Å². The van der Waals surface area contributed by atoms with E-state index < -0.39 is 0 Å². The first-order chi connectivity index (χ1) is 9.95. The largest absolute Gasteiger partial charge is 0.347 e. The fourth-order valence-corrected chi connectivity index (χ4v) is 3.98. The summed E-state index contributed by atoms with van der Waals surface area (Å²) in [5.74, 6) is 0.525. The third-order valence-electron chi connectivity index (χ3n) is 3.83. The first-order valence-corrected chi connectivity index (χ1v) is 8.65. The number of carbonyl (C=O) groups excluding carboxylic acids is 1.